The van der Waals surface area contributed by atoms with Crippen molar-refractivity contribution in [1.29, 1.82) is 0 Å². The number of ether oxygens (including phenoxy) is 1. The average molecular weight is 440 g/mol. The molecule has 1 atom stereocenters. The Balaban J connectivity index is 1.53. The number of hydrogen-bond acceptors (Lipinski definition) is 7. The highest BCUT2D eigenvalue weighted by atomic mass is 19.4. The van der Waals surface area contributed by atoms with E-state index in [9.17, 15) is 13.2 Å². The number of nitrogens with zero attached hydrogens (tertiary/aromatic N) is 4. The predicted octanol–water partition coefficient (Wildman–Crippen LogP) is 3.02. The standard InChI is InChI=1S/C20H24F4N6O/c21-17-18(27-9-13-3-5-25-6-4-13)28-12-29-19(17)30-7-8-31-11-16(30)15-2-1-14(10-26-15)20(22,23)24/h1-2,10,12-13,16,25H,3-9,11H2,(H,27,28,29). The van der Waals surface area contributed by atoms with Crippen molar-refractivity contribution in [2.45, 2.75) is 25.1 Å². The number of aromatic nitrogens is 3. The van der Waals surface area contributed by atoms with Crippen LogP contribution < -0.4 is 15.5 Å². The minimum atomic E-state index is -4.47. The lowest BCUT2D eigenvalue weighted by molar-refractivity contribution is -0.137. The Morgan fingerprint density at radius 1 is 1.16 bits per heavy atom. The number of hydrogen-bond donors (Lipinski definition) is 2. The fourth-order valence-electron chi connectivity index (χ4n) is 3.88. The maximum Gasteiger partial charge on any atom is 0.417 e. The van der Waals surface area contributed by atoms with Crippen LogP contribution in [0.1, 0.15) is 30.1 Å². The van der Waals surface area contributed by atoms with E-state index in [1.807, 2.05) is 0 Å². The third kappa shape index (κ3) is 5.04. The summed E-state index contributed by atoms with van der Waals surface area (Å²) in [7, 11) is 0. The number of halogens is 4. The van der Waals surface area contributed by atoms with Gasteiger partial charge in [0.2, 0.25) is 5.82 Å². The highest BCUT2D eigenvalue weighted by Crippen LogP contribution is 2.33. The third-order valence-corrected chi connectivity index (χ3v) is 5.64. The molecule has 168 valence electrons. The molecule has 0 aliphatic carbocycles. The van der Waals surface area contributed by atoms with Gasteiger partial charge in [-0.05, 0) is 44.0 Å². The molecule has 7 nitrogen and oxygen atoms in total. The topological polar surface area (TPSA) is 75.2 Å². The summed E-state index contributed by atoms with van der Waals surface area (Å²) in [5, 5.41) is 6.38. The quantitative estimate of drug-likeness (QED) is 0.693. The Morgan fingerprint density at radius 3 is 2.68 bits per heavy atom. The molecular formula is C20H24F4N6O. The van der Waals surface area contributed by atoms with Crippen molar-refractivity contribution in [3.8, 4) is 0 Å². The van der Waals surface area contributed by atoms with E-state index in [1.165, 1.54) is 12.4 Å². The Morgan fingerprint density at radius 2 is 1.97 bits per heavy atom. The van der Waals surface area contributed by atoms with Crippen LogP contribution in [0, 0.1) is 11.7 Å². The van der Waals surface area contributed by atoms with Crippen molar-refractivity contribution < 1.29 is 22.3 Å². The van der Waals surface area contributed by atoms with E-state index in [0.717, 1.165) is 38.2 Å². The van der Waals surface area contributed by atoms with E-state index in [2.05, 4.69) is 25.6 Å². The molecule has 0 amide bonds. The van der Waals surface area contributed by atoms with Crippen LogP contribution >= 0.6 is 0 Å². The molecule has 2 aliphatic heterocycles. The molecule has 0 radical (unpaired) electrons. The second-order valence-corrected chi connectivity index (χ2v) is 7.69. The molecule has 0 spiro atoms. The lowest BCUT2D eigenvalue weighted by Crippen LogP contribution is -2.41. The van der Waals surface area contributed by atoms with Crippen LogP contribution in [-0.4, -0.2) is 54.3 Å². The Bertz CT molecular complexity index is 873. The summed E-state index contributed by atoms with van der Waals surface area (Å²) in [5.41, 5.74) is -0.480. The van der Waals surface area contributed by atoms with Crippen LogP contribution in [0.15, 0.2) is 24.7 Å². The van der Waals surface area contributed by atoms with Crippen LogP contribution in [0.4, 0.5) is 29.2 Å². The summed E-state index contributed by atoms with van der Waals surface area (Å²) in [6, 6.07) is 1.71. The first-order valence-corrected chi connectivity index (χ1v) is 10.3. The maximum atomic E-state index is 15.3. The van der Waals surface area contributed by atoms with Crippen molar-refractivity contribution in [3.05, 3.63) is 41.7 Å². The van der Waals surface area contributed by atoms with Crippen molar-refractivity contribution in [2.24, 2.45) is 5.92 Å². The van der Waals surface area contributed by atoms with E-state index >= 15 is 4.39 Å². The summed E-state index contributed by atoms with van der Waals surface area (Å²) >= 11 is 0. The zero-order chi connectivity index (χ0) is 21.8. The normalized spacial score (nSPS) is 20.6. The van der Waals surface area contributed by atoms with Gasteiger partial charge in [-0.25, -0.2) is 9.97 Å². The lowest BCUT2D eigenvalue weighted by Gasteiger charge is -2.36. The molecule has 2 aromatic heterocycles. The predicted molar refractivity (Wildman–Crippen MR) is 106 cm³/mol. The maximum absolute atomic E-state index is 15.3. The van der Waals surface area contributed by atoms with Gasteiger partial charge in [-0.2, -0.15) is 17.6 Å². The van der Waals surface area contributed by atoms with Crippen LogP contribution in [0.25, 0.3) is 0 Å². The fourth-order valence-corrected chi connectivity index (χ4v) is 3.88. The number of anilines is 2. The van der Waals surface area contributed by atoms with Crippen LogP contribution in [0.3, 0.4) is 0 Å². The number of alkyl halides is 3. The van der Waals surface area contributed by atoms with Gasteiger partial charge in [-0.1, -0.05) is 0 Å². The zero-order valence-electron chi connectivity index (χ0n) is 16.8. The Kier molecular flexibility index (Phi) is 6.51. The summed E-state index contributed by atoms with van der Waals surface area (Å²) in [6.07, 6.45) is -0.377. The highest BCUT2D eigenvalue weighted by Gasteiger charge is 2.33. The fraction of sp³-hybridized carbons (Fsp3) is 0.550. The molecule has 1 unspecified atom stereocenters. The van der Waals surface area contributed by atoms with Gasteiger partial charge in [0.25, 0.3) is 0 Å². The molecule has 0 saturated carbocycles. The Labute approximate surface area is 177 Å². The second-order valence-electron chi connectivity index (χ2n) is 7.69. The van der Waals surface area contributed by atoms with Crippen molar-refractivity contribution in [1.82, 2.24) is 20.3 Å². The third-order valence-electron chi connectivity index (χ3n) is 5.64. The van der Waals surface area contributed by atoms with Gasteiger partial charge in [0.05, 0.1) is 30.5 Å². The minimum Gasteiger partial charge on any atom is -0.377 e. The molecule has 4 heterocycles. The molecule has 0 aromatic carbocycles. The molecule has 4 rings (SSSR count). The average Bonchev–Trinajstić information content (AvgIpc) is 2.79. The first-order valence-electron chi connectivity index (χ1n) is 10.3. The zero-order valence-corrected chi connectivity index (χ0v) is 16.8. The molecule has 0 bridgehead atoms. The minimum absolute atomic E-state index is 0.0813. The Hall–Kier alpha value is -2.53. The largest absolute Gasteiger partial charge is 0.417 e. The molecule has 2 aromatic rings. The number of morpholine rings is 1. The lowest BCUT2D eigenvalue weighted by atomic mass is 9.98. The molecule has 31 heavy (non-hydrogen) atoms. The van der Waals surface area contributed by atoms with E-state index in [4.69, 9.17) is 4.74 Å². The van der Waals surface area contributed by atoms with Crippen LogP contribution in [0.2, 0.25) is 0 Å². The van der Waals surface area contributed by atoms with Crippen LogP contribution in [-0.2, 0) is 10.9 Å². The van der Waals surface area contributed by atoms with Gasteiger partial charge in [-0.3, -0.25) is 4.98 Å². The van der Waals surface area contributed by atoms with Gasteiger partial charge in [0.1, 0.15) is 6.33 Å². The van der Waals surface area contributed by atoms with Crippen molar-refractivity contribution in [3.63, 3.8) is 0 Å². The first-order chi connectivity index (χ1) is 14.9. The molecule has 2 aliphatic rings. The highest BCUT2D eigenvalue weighted by molar-refractivity contribution is 5.52. The summed E-state index contributed by atoms with van der Waals surface area (Å²) in [5.74, 6) is 0.0498. The molecular weight excluding hydrogens is 416 g/mol. The second kappa shape index (κ2) is 9.31. The summed E-state index contributed by atoms with van der Waals surface area (Å²) < 4.78 is 59.3. The van der Waals surface area contributed by atoms with E-state index < -0.39 is 23.6 Å². The number of piperidine rings is 1. The molecule has 2 N–H and O–H groups in total. The number of pyridine rings is 1. The van der Waals surface area contributed by atoms with Gasteiger partial charge < -0.3 is 20.3 Å². The summed E-state index contributed by atoms with van der Waals surface area (Å²) in [4.78, 5) is 13.8. The van der Waals surface area contributed by atoms with Gasteiger partial charge in [0, 0.05) is 19.3 Å². The molecule has 2 fully saturated rings. The smallest absolute Gasteiger partial charge is 0.377 e. The van der Waals surface area contributed by atoms with E-state index in [0.29, 0.717) is 31.3 Å². The van der Waals surface area contributed by atoms with E-state index in [1.54, 1.807) is 4.90 Å². The number of rotatable bonds is 5. The SMILES string of the molecule is Fc1c(NCC2CCNCC2)ncnc1N1CCOCC1c1ccc(C(F)(F)F)cn1. The van der Waals surface area contributed by atoms with Crippen LogP contribution in [0.5, 0.6) is 0 Å². The monoisotopic (exact) mass is 440 g/mol. The first kappa shape index (κ1) is 21.7. The molecule has 11 heteroatoms. The van der Waals surface area contributed by atoms with Gasteiger partial charge in [0.15, 0.2) is 11.6 Å². The van der Waals surface area contributed by atoms with Gasteiger partial charge >= 0.3 is 6.18 Å². The van der Waals surface area contributed by atoms with Gasteiger partial charge in [-0.15, -0.1) is 0 Å². The van der Waals surface area contributed by atoms with Crippen molar-refractivity contribution >= 4 is 11.6 Å². The van der Waals surface area contributed by atoms with Crippen molar-refractivity contribution in [2.75, 3.05) is 49.6 Å². The number of nitrogens with one attached hydrogen (secondary N) is 2. The summed E-state index contributed by atoms with van der Waals surface area (Å²) in [6.45, 7) is 3.34. The molecule has 2 saturated heterocycles. The van der Waals surface area contributed by atoms with E-state index in [-0.39, 0.29) is 18.2 Å².